The normalized spacial score (nSPS) is 11.2. The SMILES string of the molecule is CCCCCCCCCCCCCCCCCC(=O)N/N=C/c1ccc(Cl)c([N+](=O)[O-])c1. The van der Waals surface area contributed by atoms with Gasteiger partial charge in [-0.2, -0.15) is 5.10 Å². The van der Waals surface area contributed by atoms with Crippen molar-refractivity contribution in [2.45, 2.75) is 110 Å². The number of benzene rings is 1. The first kappa shape index (κ1) is 28.1. The zero-order valence-corrected chi connectivity index (χ0v) is 20.4. The van der Waals surface area contributed by atoms with Crippen LogP contribution >= 0.6 is 11.6 Å². The van der Waals surface area contributed by atoms with Crippen molar-refractivity contribution in [1.82, 2.24) is 5.43 Å². The van der Waals surface area contributed by atoms with E-state index in [0.717, 1.165) is 12.8 Å². The van der Waals surface area contributed by atoms with Gasteiger partial charge in [-0.15, -0.1) is 0 Å². The van der Waals surface area contributed by atoms with Crippen molar-refractivity contribution >= 4 is 29.4 Å². The Balaban J connectivity index is 1.96. The van der Waals surface area contributed by atoms with Gasteiger partial charge in [-0.05, 0) is 12.5 Å². The third-order valence-electron chi connectivity index (χ3n) is 5.58. The molecule has 1 rings (SSSR count). The van der Waals surface area contributed by atoms with Crippen LogP contribution in [-0.2, 0) is 4.79 Å². The van der Waals surface area contributed by atoms with Crippen LogP contribution in [0.15, 0.2) is 23.3 Å². The van der Waals surface area contributed by atoms with Crippen molar-refractivity contribution in [1.29, 1.82) is 0 Å². The second-order valence-electron chi connectivity index (χ2n) is 8.46. The molecule has 0 spiro atoms. The predicted molar refractivity (Wildman–Crippen MR) is 133 cm³/mol. The lowest BCUT2D eigenvalue weighted by Crippen LogP contribution is -2.16. The van der Waals surface area contributed by atoms with Gasteiger partial charge in [0.05, 0.1) is 11.1 Å². The Morgan fingerprint density at radius 1 is 0.938 bits per heavy atom. The molecule has 0 saturated heterocycles. The standard InChI is InChI=1S/C25H40ClN3O3/c1-2-3-4-5-6-7-8-9-10-11-12-13-14-15-16-17-25(30)28-27-21-22-18-19-23(26)24(20-22)29(31)32/h18-21H,2-17H2,1H3,(H,28,30)/b27-21+. The molecule has 1 aromatic rings. The van der Waals surface area contributed by atoms with E-state index in [2.05, 4.69) is 17.5 Å². The van der Waals surface area contributed by atoms with Crippen LogP contribution in [-0.4, -0.2) is 17.0 Å². The number of nitrogens with zero attached hydrogens (tertiary/aromatic N) is 2. The van der Waals surface area contributed by atoms with Crippen LogP contribution in [0.3, 0.4) is 0 Å². The fourth-order valence-corrected chi connectivity index (χ4v) is 3.83. The number of hydrazone groups is 1. The van der Waals surface area contributed by atoms with Gasteiger partial charge < -0.3 is 0 Å². The minimum atomic E-state index is -0.547. The van der Waals surface area contributed by atoms with Gasteiger partial charge in [0.25, 0.3) is 5.69 Å². The molecule has 0 aliphatic carbocycles. The van der Waals surface area contributed by atoms with Gasteiger partial charge >= 0.3 is 0 Å². The zero-order chi connectivity index (χ0) is 23.4. The van der Waals surface area contributed by atoms with Crippen LogP contribution < -0.4 is 5.43 Å². The largest absolute Gasteiger partial charge is 0.288 e. The molecular formula is C25H40ClN3O3. The summed E-state index contributed by atoms with van der Waals surface area (Å²) < 4.78 is 0. The molecule has 0 aromatic heterocycles. The number of nitrogens with one attached hydrogen (secondary N) is 1. The van der Waals surface area contributed by atoms with Gasteiger partial charge in [-0.25, -0.2) is 5.43 Å². The van der Waals surface area contributed by atoms with Crippen LogP contribution in [0, 0.1) is 10.1 Å². The molecule has 6 nitrogen and oxygen atoms in total. The fourth-order valence-electron chi connectivity index (χ4n) is 3.64. The molecule has 0 fully saturated rings. The lowest BCUT2D eigenvalue weighted by Gasteiger charge is -2.03. The molecule has 0 saturated carbocycles. The second-order valence-corrected chi connectivity index (χ2v) is 8.87. The van der Waals surface area contributed by atoms with Crippen molar-refractivity contribution < 1.29 is 9.72 Å². The number of carbonyl (C=O) groups excluding carboxylic acids is 1. The molecular weight excluding hydrogens is 426 g/mol. The van der Waals surface area contributed by atoms with E-state index in [4.69, 9.17) is 11.6 Å². The lowest BCUT2D eigenvalue weighted by molar-refractivity contribution is -0.384. The fraction of sp³-hybridized carbons (Fsp3) is 0.680. The maximum Gasteiger partial charge on any atom is 0.288 e. The van der Waals surface area contributed by atoms with Crippen LogP contribution in [0.5, 0.6) is 0 Å². The minimum Gasteiger partial charge on any atom is -0.273 e. The first-order chi connectivity index (χ1) is 15.5. The van der Waals surface area contributed by atoms with Gasteiger partial charge in [0.15, 0.2) is 0 Å². The van der Waals surface area contributed by atoms with Crippen LogP contribution in [0.1, 0.15) is 115 Å². The molecule has 0 aliphatic rings. The number of nitro groups is 1. The monoisotopic (exact) mass is 465 g/mol. The number of halogens is 1. The van der Waals surface area contributed by atoms with Crippen molar-refractivity contribution in [3.8, 4) is 0 Å². The highest BCUT2D eigenvalue weighted by molar-refractivity contribution is 6.32. The molecule has 0 atom stereocenters. The Hall–Kier alpha value is -1.95. The molecule has 0 heterocycles. The topological polar surface area (TPSA) is 84.6 Å². The number of carbonyl (C=O) groups is 1. The number of rotatable bonds is 19. The summed E-state index contributed by atoms with van der Waals surface area (Å²) in [5.41, 5.74) is 2.80. The van der Waals surface area contributed by atoms with E-state index in [9.17, 15) is 14.9 Å². The Morgan fingerprint density at radius 3 is 1.94 bits per heavy atom. The maximum absolute atomic E-state index is 11.8. The first-order valence-corrected chi connectivity index (χ1v) is 12.7. The van der Waals surface area contributed by atoms with E-state index >= 15 is 0 Å². The van der Waals surface area contributed by atoms with E-state index < -0.39 is 4.92 Å². The summed E-state index contributed by atoms with van der Waals surface area (Å²) in [5.74, 6) is -0.139. The van der Waals surface area contributed by atoms with E-state index in [1.807, 2.05) is 0 Å². The highest BCUT2D eigenvalue weighted by Crippen LogP contribution is 2.24. The summed E-state index contributed by atoms with van der Waals surface area (Å²) in [7, 11) is 0. The average molecular weight is 466 g/mol. The number of hydrogen-bond donors (Lipinski definition) is 1. The molecule has 0 bridgehead atoms. The summed E-state index contributed by atoms with van der Waals surface area (Å²) in [6.07, 6.45) is 21.2. The smallest absolute Gasteiger partial charge is 0.273 e. The quantitative estimate of drug-likeness (QED) is 0.0972. The highest BCUT2D eigenvalue weighted by atomic mass is 35.5. The summed E-state index contributed by atoms with van der Waals surface area (Å²) in [5, 5.41) is 14.8. The van der Waals surface area contributed by atoms with Crippen molar-refractivity contribution in [2.24, 2.45) is 5.10 Å². The van der Waals surface area contributed by atoms with E-state index in [1.165, 1.54) is 102 Å². The van der Waals surface area contributed by atoms with Crippen LogP contribution in [0.4, 0.5) is 5.69 Å². The summed E-state index contributed by atoms with van der Waals surface area (Å²) in [6, 6.07) is 4.38. The number of hydrogen-bond acceptors (Lipinski definition) is 4. The van der Waals surface area contributed by atoms with Crippen LogP contribution in [0.2, 0.25) is 5.02 Å². The number of unbranched alkanes of at least 4 members (excludes halogenated alkanes) is 14. The number of amides is 1. The summed E-state index contributed by atoms with van der Waals surface area (Å²) in [4.78, 5) is 22.2. The Morgan fingerprint density at radius 2 is 1.44 bits per heavy atom. The number of nitro benzene ring substituents is 1. The predicted octanol–water partition coefficient (Wildman–Crippen LogP) is 7.96. The van der Waals surface area contributed by atoms with Gasteiger partial charge in [-0.1, -0.05) is 114 Å². The molecule has 0 unspecified atom stereocenters. The third kappa shape index (κ3) is 14.2. The third-order valence-corrected chi connectivity index (χ3v) is 5.90. The van der Waals surface area contributed by atoms with Crippen LogP contribution in [0.25, 0.3) is 0 Å². The Kier molecular flexibility index (Phi) is 16.3. The van der Waals surface area contributed by atoms with E-state index in [1.54, 1.807) is 6.07 Å². The Labute approximate surface area is 198 Å². The van der Waals surface area contributed by atoms with Crippen molar-refractivity contribution in [3.63, 3.8) is 0 Å². The van der Waals surface area contributed by atoms with E-state index in [-0.39, 0.29) is 16.6 Å². The minimum absolute atomic E-state index is 0.0735. The van der Waals surface area contributed by atoms with Crippen molar-refractivity contribution in [3.05, 3.63) is 38.9 Å². The summed E-state index contributed by atoms with van der Waals surface area (Å²) in [6.45, 7) is 2.26. The highest BCUT2D eigenvalue weighted by Gasteiger charge is 2.11. The van der Waals surface area contributed by atoms with Gasteiger partial charge in [-0.3, -0.25) is 14.9 Å². The van der Waals surface area contributed by atoms with Gasteiger partial charge in [0.1, 0.15) is 5.02 Å². The molecule has 7 heteroatoms. The maximum atomic E-state index is 11.8. The molecule has 1 N–H and O–H groups in total. The first-order valence-electron chi connectivity index (χ1n) is 12.3. The molecule has 32 heavy (non-hydrogen) atoms. The molecule has 180 valence electrons. The van der Waals surface area contributed by atoms with E-state index in [0.29, 0.717) is 12.0 Å². The Bertz CT molecular complexity index is 695. The lowest BCUT2D eigenvalue weighted by atomic mass is 10.0. The molecule has 1 aromatic carbocycles. The second kappa shape index (κ2) is 18.6. The molecule has 0 radical (unpaired) electrons. The van der Waals surface area contributed by atoms with Gasteiger partial charge in [0, 0.05) is 18.1 Å². The average Bonchev–Trinajstić information content (AvgIpc) is 2.77. The molecule has 0 aliphatic heterocycles. The zero-order valence-electron chi connectivity index (χ0n) is 19.6. The summed E-state index contributed by atoms with van der Waals surface area (Å²) >= 11 is 5.77. The molecule has 1 amide bonds. The van der Waals surface area contributed by atoms with Gasteiger partial charge in [0.2, 0.25) is 5.91 Å². The van der Waals surface area contributed by atoms with Crippen molar-refractivity contribution in [2.75, 3.05) is 0 Å².